The van der Waals surface area contributed by atoms with Crippen LogP contribution in [-0.2, 0) is 9.59 Å². The van der Waals surface area contributed by atoms with Crippen LogP contribution in [0.25, 0.3) is 0 Å². The van der Waals surface area contributed by atoms with Crippen molar-refractivity contribution in [2.75, 3.05) is 13.1 Å². The summed E-state index contributed by atoms with van der Waals surface area (Å²) in [6.07, 6.45) is 5.33. The molecule has 1 aliphatic heterocycles. The van der Waals surface area contributed by atoms with Crippen LogP contribution in [0.2, 0.25) is 0 Å². The summed E-state index contributed by atoms with van der Waals surface area (Å²) >= 11 is 0. The summed E-state index contributed by atoms with van der Waals surface area (Å²) in [6.45, 7) is 3.05. The van der Waals surface area contributed by atoms with E-state index in [1.807, 2.05) is 6.92 Å². The van der Waals surface area contributed by atoms with E-state index < -0.39 is 5.54 Å². The Kier molecular flexibility index (Phi) is 3.90. The molecule has 3 N–H and O–H groups in total. The molecule has 5 heteroatoms. The molecule has 0 spiro atoms. The number of nitrogens with zero attached hydrogens (tertiary/aromatic N) is 1. The molecule has 5 nitrogen and oxygen atoms in total. The second-order valence-corrected chi connectivity index (χ2v) is 5.43. The number of amides is 2. The number of nitrogens with one attached hydrogen (secondary N) is 1. The van der Waals surface area contributed by atoms with Crippen molar-refractivity contribution in [2.45, 2.75) is 57.0 Å². The molecular weight excluding hydrogens is 230 g/mol. The van der Waals surface area contributed by atoms with Gasteiger partial charge < -0.3 is 16.0 Å². The average molecular weight is 253 g/mol. The first kappa shape index (κ1) is 13.3. The fourth-order valence-corrected chi connectivity index (χ4v) is 3.05. The van der Waals surface area contributed by atoms with Gasteiger partial charge in [-0.15, -0.1) is 0 Å². The van der Waals surface area contributed by atoms with Crippen LogP contribution < -0.4 is 11.1 Å². The molecular formula is C13H23N3O2. The van der Waals surface area contributed by atoms with Crippen molar-refractivity contribution in [1.29, 1.82) is 0 Å². The van der Waals surface area contributed by atoms with Crippen LogP contribution in [0.5, 0.6) is 0 Å². The van der Waals surface area contributed by atoms with E-state index in [2.05, 4.69) is 5.32 Å². The van der Waals surface area contributed by atoms with Crippen molar-refractivity contribution in [2.24, 2.45) is 5.73 Å². The highest BCUT2D eigenvalue weighted by Crippen LogP contribution is 2.29. The standard InChI is InChI=1S/C13H23N3O2/c1-2-10-11(17)15-8-9-16(10)12(18)13(14)6-4-3-5-7-13/h10H,2-9,14H2,1H3,(H,15,17). The molecule has 2 aliphatic rings. The van der Waals surface area contributed by atoms with E-state index in [1.165, 1.54) is 0 Å². The first-order chi connectivity index (χ1) is 8.58. The van der Waals surface area contributed by atoms with Gasteiger partial charge in [0, 0.05) is 13.1 Å². The maximum absolute atomic E-state index is 12.6. The van der Waals surface area contributed by atoms with Gasteiger partial charge in [0.25, 0.3) is 0 Å². The molecule has 1 atom stereocenters. The molecule has 2 amide bonds. The molecule has 1 saturated carbocycles. The minimum absolute atomic E-state index is 0.0242. The largest absolute Gasteiger partial charge is 0.353 e. The van der Waals surface area contributed by atoms with Gasteiger partial charge in [-0.25, -0.2) is 0 Å². The lowest BCUT2D eigenvalue weighted by Gasteiger charge is -2.41. The lowest BCUT2D eigenvalue weighted by atomic mass is 9.81. The zero-order chi connectivity index (χ0) is 13.2. The minimum atomic E-state index is -0.733. The van der Waals surface area contributed by atoms with Gasteiger partial charge in [0.15, 0.2) is 0 Å². The van der Waals surface area contributed by atoms with Crippen molar-refractivity contribution >= 4 is 11.8 Å². The zero-order valence-electron chi connectivity index (χ0n) is 11.1. The number of piperazine rings is 1. The highest BCUT2D eigenvalue weighted by atomic mass is 16.2. The fraction of sp³-hybridized carbons (Fsp3) is 0.846. The van der Waals surface area contributed by atoms with Gasteiger partial charge in [-0.2, -0.15) is 0 Å². The summed E-state index contributed by atoms with van der Waals surface area (Å²) in [6, 6.07) is -0.339. The number of rotatable bonds is 2. The normalized spacial score (nSPS) is 27.8. The maximum atomic E-state index is 12.6. The van der Waals surface area contributed by atoms with Crippen molar-refractivity contribution < 1.29 is 9.59 Å². The summed E-state index contributed by atoms with van der Waals surface area (Å²) in [5.74, 6) is -0.0691. The Labute approximate surface area is 108 Å². The Balaban J connectivity index is 2.13. The van der Waals surface area contributed by atoms with Gasteiger partial charge in [0.2, 0.25) is 11.8 Å². The third-order valence-electron chi connectivity index (χ3n) is 4.15. The monoisotopic (exact) mass is 253 g/mol. The lowest BCUT2D eigenvalue weighted by Crippen LogP contribution is -2.64. The van der Waals surface area contributed by atoms with E-state index in [0.717, 1.165) is 32.1 Å². The van der Waals surface area contributed by atoms with E-state index in [4.69, 9.17) is 5.73 Å². The number of carbonyl (C=O) groups excluding carboxylic acids is 2. The van der Waals surface area contributed by atoms with Gasteiger partial charge in [0.1, 0.15) is 6.04 Å². The highest BCUT2D eigenvalue weighted by molar-refractivity contribution is 5.93. The van der Waals surface area contributed by atoms with Crippen molar-refractivity contribution in [3.63, 3.8) is 0 Å². The van der Waals surface area contributed by atoms with E-state index >= 15 is 0 Å². The van der Waals surface area contributed by atoms with Gasteiger partial charge in [-0.1, -0.05) is 26.2 Å². The topological polar surface area (TPSA) is 75.4 Å². The second-order valence-electron chi connectivity index (χ2n) is 5.43. The molecule has 102 valence electrons. The Bertz CT molecular complexity index is 337. The first-order valence-electron chi connectivity index (χ1n) is 6.96. The molecule has 2 fully saturated rings. The summed E-state index contributed by atoms with van der Waals surface area (Å²) in [4.78, 5) is 26.1. The van der Waals surface area contributed by atoms with Crippen molar-refractivity contribution in [3.05, 3.63) is 0 Å². The maximum Gasteiger partial charge on any atom is 0.243 e. The number of hydrogen-bond donors (Lipinski definition) is 2. The fourth-order valence-electron chi connectivity index (χ4n) is 3.05. The SMILES string of the molecule is CCC1C(=O)NCCN1C(=O)C1(N)CCCCC1. The average Bonchev–Trinajstić information content (AvgIpc) is 2.38. The molecule has 1 heterocycles. The summed E-state index contributed by atoms with van der Waals surface area (Å²) in [5.41, 5.74) is 5.54. The third-order valence-corrected chi connectivity index (χ3v) is 4.15. The summed E-state index contributed by atoms with van der Waals surface area (Å²) < 4.78 is 0. The Morgan fingerprint density at radius 1 is 1.44 bits per heavy atom. The minimum Gasteiger partial charge on any atom is -0.353 e. The summed E-state index contributed by atoms with van der Waals surface area (Å²) in [7, 11) is 0. The molecule has 2 rings (SSSR count). The second kappa shape index (κ2) is 5.26. The predicted octanol–water partition coefficient (Wildman–Crippen LogP) is 0.385. The smallest absolute Gasteiger partial charge is 0.243 e. The van der Waals surface area contributed by atoms with Crippen LogP contribution in [0.15, 0.2) is 0 Å². The van der Waals surface area contributed by atoms with Crippen LogP contribution >= 0.6 is 0 Å². The quantitative estimate of drug-likeness (QED) is 0.747. The highest BCUT2D eigenvalue weighted by Gasteiger charge is 2.42. The van der Waals surface area contributed by atoms with Crippen LogP contribution in [0.1, 0.15) is 45.4 Å². The molecule has 0 aromatic heterocycles. The first-order valence-corrected chi connectivity index (χ1v) is 6.96. The zero-order valence-corrected chi connectivity index (χ0v) is 11.1. The Morgan fingerprint density at radius 3 is 2.72 bits per heavy atom. The third kappa shape index (κ3) is 2.36. The number of carbonyl (C=O) groups is 2. The molecule has 1 unspecified atom stereocenters. The number of nitrogens with two attached hydrogens (primary N) is 1. The molecule has 0 aromatic rings. The van der Waals surface area contributed by atoms with E-state index in [-0.39, 0.29) is 17.9 Å². The molecule has 0 bridgehead atoms. The van der Waals surface area contributed by atoms with Gasteiger partial charge in [0.05, 0.1) is 5.54 Å². The van der Waals surface area contributed by atoms with Crippen LogP contribution in [0.3, 0.4) is 0 Å². The van der Waals surface area contributed by atoms with Crippen LogP contribution in [0.4, 0.5) is 0 Å². The molecule has 18 heavy (non-hydrogen) atoms. The molecule has 0 radical (unpaired) electrons. The van der Waals surface area contributed by atoms with Gasteiger partial charge in [-0.05, 0) is 19.3 Å². The van der Waals surface area contributed by atoms with Crippen LogP contribution in [-0.4, -0.2) is 41.4 Å². The molecule has 1 aliphatic carbocycles. The van der Waals surface area contributed by atoms with Gasteiger partial charge in [-0.3, -0.25) is 9.59 Å². The molecule has 0 aromatic carbocycles. The Hall–Kier alpha value is -1.10. The van der Waals surface area contributed by atoms with E-state index in [9.17, 15) is 9.59 Å². The van der Waals surface area contributed by atoms with Crippen LogP contribution in [0, 0.1) is 0 Å². The van der Waals surface area contributed by atoms with Gasteiger partial charge >= 0.3 is 0 Å². The van der Waals surface area contributed by atoms with Crippen molar-refractivity contribution in [1.82, 2.24) is 10.2 Å². The summed E-state index contributed by atoms with van der Waals surface area (Å²) in [5, 5.41) is 2.81. The van der Waals surface area contributed by atoms with E-state index in [1.54, 1.807) is 4.90 Å². The molecule has 1 saturated heterocycles. The lowest BCUT2D eigenvalue weighted by molar-refractivity contribution is -0.148. The predicted molar refractivity (Wildman–Crippen MR) is 68.8 cm³/mol. The van der Waals surface area contributed by atoms with E-state index in [0.29, 0.717) is 19.5 Å². The van der Waals surface area contributed by atoms with Crippen molar-refractivity contribution in [3.8, 4) is 0 Å². The Morgan fingerprint density at radius 2 is 2.11 bits per heavy atom. The number of hydrogen-bond acceptors (Lipinski definition) is 3.